The quantitative estimate of drug-likeness (QED) is 0.184. The molecule has 4 aromatic carbocycles. The lowest BCUT2D eigenvalue weighted by Gasteiger charge is -2.10. The van der Waals surface area contributed by atoms with Gasteiger partial charge < -0.3 is 0 Å². The van der Waals surface area contributed by atoms with E-state index < -0.39 is 0 Å². The molecule has 0 saturated heterocycles. The van der Waals surface area contributed by atoms with Crippen molar-refractivity contribution < 1.29 is 0 Å². The lowest BCUT2D eigenvalue weighted by molar-refractivity contribution is 0.579. The molecule has 0 saturated carbocycles. The van der Waals surface area contributed by atoms with Crippen LogP contribution in [0.1, 0.15) is 67.2 Å². The maximum absolute atomic E-state index is 2.39. The van der Waals surface area contributed by atoms with E-state index in [1.54, 1.807) is 0 Å². The van der Waals surface area contributed by atoms with Gasteiger partial charge in [-0.15, -0.1) is 0 Å². The van der Waals surface area contributed by atoms with Crippen molar-refractivity contribution in [3.63, 3.8) is 0 Å². The number of aryl methyl sites for hydroxylation is 4. The summed E-state index contributed by atoms with van der Waals surface area (Å²) in [5.74, 6) is 0. The van der Waals surface area contributed by atoms with Crippen molar-refractivity contribution in [1.82, 2.24) is 0 Å². The lowest BCUT2D eigenvalue weighted by atomic mass is 9.96. The minimum absolute atomic E-state index is 1.20. The van der Waals surface area contributed by atoms with E-state index in [4.69, 9.17) is 0 Å². The average molecular weight is 461 g/mol. The van der Waals surface area contributed by atoms with Gasteiger partial charge in [0.15, 0.2) is 0 Å². The summed E-state index contributed by atoms with van der Waals surface area (Å²) in [4.78, 5) is 0. The summed E-state index contributed by atoms with van der Waals surface area (Å²) >= 11 is 0. The Labute approximate surface area is 213 Å². The third-order valence-corrected chi connectivity index (χ3v) is 7.18. The van der Waals surface area contributed by atoms with Crippen LogP contribution in [0.25, 0.3) is 22.3 Å². The second kappa shape index (κ2) is 13.1. The molecule has 0 fully saturated rings. The highest BCUT2D eigenvalue weighted by Crippen LogP contribution is 2.26. The fraction of sp³-hybridized carbons (Fsp3) is 0.314. The Kier molecular flexibility index (Phi) is 9.35. The van der Waals surface area contributed by atoms with E-state index >= 15 is 0 Å². The zero-order valence-electron chi connectivity index (χ0n) is 21.6. The molecule has 0 heterocycles. The maximum Gasteiger partial charge on any atom is -0.0155 e. The summed E-state index contributed by atoms with van der Waals surface area (Å²) in [6, 6.07) is 35.5. The van der Waals surface area contributed by atoms with E-state index in [1.165, 1.54) is 102 Å². The van der Waals surface area contributed by atoms with Crippen molar-refractivity contribution in [2.24, 2.45) is 0 Å². The topological polar surface area (TPSA) is 0 Å². The second-order valence-corrected chi connectivity index (χ2v) is 10.0. The first-order chi connectivity index (χ1) is 17.2. The van der Waals surface area contributed by atoms with Gasteiger partial charge in [-0.05, 0) is 84.0 Å². The van der Waals surface area contributed by atoms with Gasteiger partial charge >= 0.3 is 0 Å². The SMILES string of the molecule is Cc1cc(CCCCCCCCCc2ccc(-c3ccccc3)c(C)c2)ccc1-c1ccccc1. The summed E-state index contributed by atoms with van der Waals surface area (Å²) in [7, 11) is 0. The predicted octanol–water partition coefficient (Wildman–Crippen LogP) is 10.2. The first kappa shape index (κ1) is 25.0. The molecule has 0 atom stereocenters. The number of rotatable bonds is 12. The molecule has 0 bridgehead atoms. The van der Waals surface area contributed by atoms with Crippen molar-refractivity contribution in [3.8, 4) is 22.3 Å². The average Bonchev–Trinajstić information content (AvgIpc) is 2.89. The van der Waals surface area contributed by atoms with E-state index in [0.717, 1.165) is 0 Å². The lowest BCUT2D eigenvalue weighted by Crippen LogP contribution is -1.91. The summed E-state index contributed by atoms with van der Waals surface area (Å²) in [6.45, 7) is 4.48. The second-order valence-electron chi connectivity index (χ2n) is 10.0. The largest absolute Gasteiger partial charge is 0.0622 e. The molecule has 0 aromatic heterocycles. The van der Waals surface area contributed by atoms with E-state index in [1.807, 2.05) is 0 Å². The highest BCUT2D eigenvalue weighted by atomic mass is 14.1. The van der Waals surface area contributed by atoms with Crippen molar-refractivity contribution in [2.75, 3.05) is 0 Å². The molecule has 180 valence electrons. The molecule has 0 heteroatoms. The van der Waals surface area contributed by atoms with Crippen molar-refractivity contribution in [1.29, 1.82) is 0 Å². The van der Waals surface area contributed by atoms with E-state index in [-0.39, 0.29) is 0 Å². The summed E-state index contributed by atoms with van der Waals surface area (Å²) < 4.78 is 0. The monoisotopic (exact) mass is 460 g/mol. The van der Waals surface area contributed by atoms with Crippen LogP contribution in [0.15, 0.2) is 97.1 Å². The van der Waals surface area contributed by atoms with Crippen LogP contribution in [-0.2, 0) is 12.8 Å². The first-order valence-corrected chi connectivity index (χ1v) is 13.5. The molecule has 0 amide bonds. The number of hydrogen-bond acceptors (Lipinski definition) is 0. The Balaban J connectivity index is 1.09. The fourth-order valence-corrected chi connectivity index (χ4v) is 5.19. The Bertz CT molecular complexity index is 1080. The van der Waals surface area contributed by atoms with Crippen LogP contribution in [0.3, 0.4) is 0 Å². The van der Waals surface area contributed by atoms with Crippen LogP contribution >= 0.6 is 0 Å². The molecule has 0 radical (unpaired) electrons. The molecule has 0 nitrogen and oxygen atoms in total. The molecule has 0 N–H and O–H groups in total. The summed E-state index contributed by atoms with van der Waals surface area (Å²) in [5, 5.41) is 0. The zero-order chi connectivity index (χ0) is 24.3. The van der Waals surface area contributed by atoms with Gasteiger partial charge in [0.1, 0.15) is 0 Å². The number of benzene rings is 4. The van der Waals surface area contributed by atoms with Crippen molar-refractivity contribution in [3.05, 3.63) is 119 Å². The van der Waals surface area contributed by atoms with Gasteiger partial charge in [0.25, 0.3) is 0 Å². The van der Waals surface area contributed by atoms with Gasteiger partial charge in [0.05, 0.1) is 0 Å². The minimum Gasteiger partial charge on any atom is -0.0622 e. The van der Waals surface area contributed by atoms with E-state index in [0.29, 0.717) is 0 Å². The van der Waals surface area contributed by atoms with Gasteiger partial charge in [-0.25, -0.2) is 0 Å². The molecule has 0 spiro atoms. The fourth-order valence-electron chi connectivity index (χ4n) is 5.19. The Morgan fingerprint density at radius 2 is 0.771 bits per heavy atom. The molecule has 0 unspecified atom stereocenters. The summed E-state index contributed by atoms with van der Waals surface area (Å²) in [5.41, 5.74) is 11.1. The third kappa shape index (κ3) is 7.43. The smallest absolute Gasteiger partial charge is 0.0155 e. The Hall–Kier alpha value is -3.12. The standard InChI is InChI=1S/C35H40/c1-28-26-30(22-24-34(28)32-18-12-8-13-19-32)16-10-6-4-3-5-7-11-17-31-23-25-35(29(2)27-31)33-20-14-9-15-21-33/h8-9,12-15,18-27H,3-7,10-11,16-17H2,1-2H3. The Morgan fingerprint density at radius 3 is 1.14 bits per heavy atom. The van der Waals surface area contributed by atoms with Gasteiger partial charge in [0, 0.05) is 0 Å². The summed E-state index contributed by atoms with van der Waals surface area (Å²) in [6.07, 6.45) is 11.8. The zero-order valence-corrected chi connectivity index (χ0v) is 21.6. The van der Waals surface area contributed by atoms with Crippen molar-refractivity contribution in [2.45, 2.75) is 71.6 Å². The minimum atomic E-state index is 1.20. The predicted molar refractivity (Wildman–Crippen MR) is 153 cm³/mol. The highest BCUT2D eigenvalue weighted by molar-refractivity contribution is 5.68. The highest BCUT2D eigenvalue weighted by Gasteiger charge is 2.04. The molecule has 4 rings (SSSR count). The first-order valence-electron chi connectivity index (χ1n) is 13.5. The Morgan fingerprint density at radius 1 is 0.400 bits per heavy atom. The van der Waals surface area contributed by atoms with E-state index in [2.05, 4.69) is 111 Å². The van der Waals surface area contributed by atoms with Crippen LogP contribution < -0.4 is 0 Å². The van der Waals surface area contributed by atoms with Gasteiger partial charge in [-0.2, -0.15) is 0 Å². The van der Waals surface area contributed by atoms with E-state index in [9.17, 15) is 0 Å². The van der Waals surface area contributed by atoms with Crippen LogP contribution in [0.4, 0.5) is 0 Å². The van der Waals surface area contributed by atoms with Crippen LogP contribution in [-0.4, -0.2) is 0 Å². The van der Waals surface area contributed by atoms with Crippen LogP contribution in [0.2, 0.25) is 0 Å². The number of unbranched alkanes of at least 4 members (excludes halogenated alkanes) is 6. The van der Waals surface area contributed by atoms with Gasteiger partial charge in [-0.1, -0.05) is 129 Å². The van der Waals surface area contributed by atoms with Gasteiger partial charge in [0.2, 0.25) is 0 Å². The molecule has 0 aliphatic heterocycles. The molecular weight excluding hydrogens is 420 g/mol. The third-order valence-electron chi connectivity index (χ3n) is 7.18. The maximum atomic E-state index is 2.39. The molecule has 4 aromatic rings. The van der Waals surface area contributed by atoms with Crippen LogP contribution in [0, 0.1) is 13.8 Å². The van der Waals surface area contributed by atoms with Gasteiger partial charge in [-0.3, -0.25) is 0 Å². The number of hydrogen-bond donors (Lipinski definition) is 0. The molecule has 0 aliphatic rings. The molecule has 0 aliphatic carbocycles. The van der Waals surface area contributed by atoms with Crippen LogP contribution in [0.5, 0.6) is 0 Å². The normalized spacial score (nSPS) is 11.0. The molecular formula is C35H40. The van der Waals surface area contributed by atoms with Crippen molar-refractivity contribution >= 4 is 0 Å². The molecule has 35 heavy (non-hydrogen) atoms.